The zero-order valence-corrected chi connectivity index (χ0v) is 12.9. The number of aryl methyl sites for hydroxylation is 1. The van der Waals surface area contributed by atoms with Gasteiger partial charge < -0.3 is 5.32 Å². The Bertz CT molecular complexity index is 649. The lowest BCUT2D eigenvalue weighted by Gasteiger charge is -2.16. The molecule has 1 aliphatic rings. The van der Waals surface area contributed by atoms with Crippen LogP contribution in [0.25, 0.3) is 0 Å². The van der Waals surface area contributed by atoms with Gasteiger partial charge in [-0.3, -0.25) is 14.7 Å². The molecule has 0 atom stereocenters. The van der Waals surface area contributed by atoms with Gasteiger partial charge in [0, 0.05) is 18.3 Å². The van der Waals surface area contributed by atoms with Crippen molar-refractivity contribution in [1.82, 2.24) is 9.88 Å². The van der Waals surface area contributed by atoms with E-state index in [0.717, 1.165) is 36.4 Å². The Morgan fingerprint density at radius 2 is 2.09 bits per heavy atom. The summed E-state index contributed by atoms with van der Waals surface area (Å²) in [6, 6.07) is 9.82. The molecular weight excluding hydrogens is 274 g/mol. The quantitative estimate of drug-likeness (QED) is 0.942. The lowest BCUT2D eigenvalue weighted by Crippen LogP contribution is -2.19. The van der Waals surface area contributed by atoms with Crippen LogP contribution < -0.4 is 5.32 Å². The van der Waals surface area contributed by atoms with E-state index < -0.39 is 0 Å². The summed E-state index contributed by atoms with van der Waals surface area (Å²) in [5.74, 6) is -0.0752. The van der Waals surface area contributed by atoms with Gasteiger partial charge in [0.25, 0.3) is 5.91 Å². The average molecular weight is 295 g/mol. The van der Waals surface area contributed by atoms with Gasteiger partial charge in [-0.25, -0.2) is 0 Å². The van der Waals surface area contributed by atoms with Gasteiger partial charge in [0.1, 0.15) is 0 Å². The van der Waals surface area contributed by atoms with E-state index in [-0.39, 0.29) is 5.91 Å². The van der Waals surface area contributed by atoms with Crippen molar-refractivity contribution in [1.29, 1.82) is 0 Å². The third-order valence-corrected chi connectivity index (χ3v) is 4.07. The molecule has 4 heteroatoms. The maximum Gasteiger partial charge on any atom is 0.255 e. The van der Waals surface area contributed by atoms with Crippen molar-refractivity contribution in [3.8, 4) is 0 Å². The van der Waals surface area contributed by atoms with Crippen molar-refractivity contribution < 1.29 is 4.79 Å². The van der Waals surface area contributed by atoms with E-state index in [1.165, 1.54) is 18.4 Å². The molecular formula is C18H21N3O. The second-order valence-corrected chi connectivity index (χ2v) is 5.83. The predicted molar refractivity (Wildman–Crippen MR) is 87.9 cm³/mol. The van der Waals surface area contributed by atoms with Crippen LogP contribution in [0.4, 0.5) is 5.69 Å². The minimum atomic E-state index is -0.0752. The molecule has 1 amide bonds. The van der Waals surface area contributed by atoms with E-state index in [4.69, 9.17) is 0 Å². The minimum Gasteiger partial charge on any atom is -0.321 e. The zero-order chi connectivity index (χ0) is 15.4. The van der Waals surface area contributed by atoms with E-state index in [0.29, 0.717) is 0 Å². The first kappa shape index (κ1) is 14.7. The Morgan fingerprint density at radius 1 is 1.27 bits per heavy atom. The number of benzene rings is 1. The largest absolute Gasteiger partial charge is 0.321 e. The van der Waals surface area contributed by atoms with Crippen molar-refractivity contribution in [3.05, 3.63) is 59.4 Å². The van der Waals surface area contributed by atoms with Crippen LogP contribution in [0.1, 0.15) is 34.3 Å². The van der Waals surface area contributed by atoms with Crippen molar-refractivity contribution in [3.63, 3.8) is 0 Å². The van der Waals surface area contributed by atoms with E-state index in [9.17, 15) is 4.79 Å². The summed E-state index contributed by atoms with van der Waals surface area (Å²) in [4.78, 5) is 18.9. The Morgan fingerprint density at radius 3 is 2.82 bits per heavy atom. The van der Waals surface area contributed by atoms with Crippen LogP contribution in [0.2, 0.25) is 0 Å². The number of hydrogen-bond donors (Lipinski definition) is 1. The standard InChI is InChI=1S/C18H21N3O/c1-14-6-7-15(13-21-9-2-3-10-21)11-17(14)18(22)20-16-5-4-8-19-12-16/h4-8,11-12H,2-3,9-10,13H2,1H3,(H,20,22). The minimum absolute atomic E-state index is 0.0752. The van der Waals surface area contributed by atoms with Crippen LogP contribution in [-0.2, 0) is 6.54 Å². The molecule has 0 unspecified atom stereocenters. The highest BCUT2D eigenvalue weighted by Crippen LogP contribution is 2.17. The number of anilines is 1. The molecule has 1 aromatic carbocycles. The van der Waals surface area contributed by atoms with E-state index >= 15 is 0 Å². The van der Waals surface area contributed by atoms with Gasteiger partial charge in [0.15, 0.2) is 0 Å². The van der Waals surface area contributed by atoms with Gasteiger partial charge in [-0.15, -0.1) is 0 Å². The number of rotatable bonds is 4. The summed E-state index contributed by atoms with van der Waals surface area (Å²) in [7, 11) is 0. The Labute approximate surface area is 131 Å². The van der Waals surface area contributed by atoms with Crippen molar-refractivity contribution in [2.75, 3.05) is 18.4 Å². The highest BCUT2D eigenvalue weighted by Gasteiger charge is 2.14. The lowest BCUT2D eigenvalue weighted by atomic mass is 10.0. The summed E-state index contributed by atoms with van der Waals surface area (Å²) >= 11 is 0. The number of likely N-dealkylation sites (tertiary alicyclic amines) is 1. The molecule has 2 aromatic rings. The van der Waals surface area contributed by atoms with E-state index in [1.54, 1.807) is 12.4 Å². The molecule has 1 saturated heterocycles. The molecule has 4 nitrogen and oxygen atoms in total. The molecule has 0 radical (unpaired) electrons. The summed E-state index contributed by atoms with van der Waals surface area (Å²) < 4.78 is 0. The highest BCUT2D eigenvalue weighted by molar-refractivity contribution is 6.05. The number of hydrogen-bond acceptors (Lipinski definition) is 3. The molecule has 2 heterocycles. The number of aromatic nitrogens is 1. The fourth-order valence-corrected chi connectivity index (χ4v) is 2.85. The topological polar surface area (TPSA) is 45.2 Å². The Hall–Kier alpha value is -2.20. The molecule has 0 bridgehead atoms. The van der Waals surface area contributed by atoms with Gasteiger partial charge in [-0.2, -0.15) is 0 Å². The average Bonchev–Trinajstić information content (AvgIpc) is 3.03. The van der Waals surface area contributed by atoms with Crippen molar-refractivity contribution in [2.45, 2.75) is 26.3 Å². The van der Waals surface area contributed by atoms with Crippen LogP contribution in [0.5, 0.6) is 0 Å². The number of nitrogens with zero attached hydrogens (tertiary/aromatic N) is 2. The monoisotopic (exact) mass is 295 g/mol. The zero-order valence-electron chi connectivity index (χ0n) is 12.9. The van der Waals surface area contributed by atoms with Crippen molar-refractivity contribution >= 4 is 11.6 Å². The first-order valence-electron chi connectivity index (χ1n) is 7.75. The first-order valence-corrected chi connectivity index (χ1v) is 7.75. The summed E-state index contributed by atoms with van der Waals surface area (Å²) in [5.41, 5.74) is 3.65. The summed E-state index contributed by atoms with van der Waals surface area (Å²) in [6.07, 6.45) is 5.90. The highest BCUT2D eigenvalue weighted by atomic mass is 16.1. The Balaban J connectivity index is 1.75. The molecule has 0 spiro atoms. The van der Waals surface area contributed by atoms with Crippen LogP contribution in [-0.4, -0.2) is 28.9 Å². The van der Waals surface area contributed by atoms with Crippen LogP contribution in [0.15, 0.2) is 42.7 Å². The SMILES string of the molecule is Cc1ccc(CN2CCCC2)cc1C(=O)Nc1cccnc1. The maximum absolute atomic E-state index is 12.5. The van der Waals surface area contributed by atoms with Gasteiger partial charge in [-0.05, 0) is 62.2 Å². The number of nitrogens with one attached hydrogen (secondary N) is 1. The lowest BCUT2D eigenvalue weighted by molar-refractivity contribution is 0.102. The third-order valence-electron chi connectivity index (χ3n) is 4.07. The van der Waals surface area contributed by atoms with Crippen LogP contribution in [0, 0.1) is 6.92 Å². The number of carbonyl (C=O) groups is 1. The first-order chi connectivity index (χ1) is 10.7. The fourth-order valence-electron chi connectivity index (χ4n) is 2.85. The molecule has 114 valence electrons. The maximum atomic E-state index is 12.5. The fraction of sp³-hybridized carbons (Fsp3) is 0.333. The van der Waals surface area contributed by atoms with Gasteiger partial charge in [0.05, 0.1) is 11.9 Å². The molecule has 1 N–H and O–H groups in total. The summed E-state index contributed by atoms with van der Waals surface area (Å²) in [6.45, 7) is 5.21. The van der Waals surface area contributed by atoms with Crippen molar-refractivity contribution in [2.24, 2.45) is 0 Å². The Kier molecular flexibility index (Phi) is 4.49. The number of amides is 1. The molecule has 0 aliphatic carbocycles. The van der Waals surface area contributed by atoms with E-state index in [1.807, 2.05) is 31.2 Å². The molecule has 0 saturated carbocycles. The normalized spacial score (nSPS) is 15.0. The van der Waals surface area contributed by atoms with Gasteiger partial charge >= 0.3 is 0 Å². The number of carbonyl (C=O) groups excluding carboxylic acids is 1. The van der Waals surface area contributed by atoms with Gasteiger partial charge in [-0.1, -0.05) is 12.1 Å². The van der Waals surface area contributed by atoms with E-state index in [2.05, 4.69) is 21.3 Å². The van der Waals surface area contributed by atoms with Crippen LogP contribution in [0.3, 0.4) is 0 Å². The summed E-state index contributed by atoms with van der Waals surface area (Å²) in [5, 5.41) is 2.90. The second kappa shape index (κ2) is 6.71. The molecule has 22 heavy (non-hydrogen) atoms. The second-order valence-electron chi connectivity index (χ2n) is 5.83. The van der Waals surface area contributed by atoms with Crippen LogP contribution >= 0.6 is 0 Å². The van der Waals surface area contributed by atoms with Gasteiger partial charge in [0.2, 0.25) is 0 Å². The smallest absolute Gasteiger partial charge is 0.255 e. The predicted octanol–water partition coefficient (Wildman–Crippen LogP) is 3.24. The molecule has 3 rings (SSSR count). The molecule has 1 aliphatic heterocycles. The number of pyridine rings is 1. The molecule has 1 fully saturated rings. The third kappa shape index (κ3) is 3.52. The molecule has 1 aromatic heterocycles.